The van der Waals surface area contributed by atoms with Gasteiger partial charge < -0.3 is 19.2 Å². The molecule has 146 valence electrons. The number of piperazine rings is 1. The van der Waals surface area contributed by atoms with Crippen LogP contribution in [0.3, 0.4) is 0 Å². The molecule has 2 aromatic heterocycles. The minimum atomic E-state index is -0.640. The molecule has 1 N–H and O–H groups in total. The van der Waals surface area contributed by atoms with Crippen LogP contribution in [0.15, 0.2) is 64.1 Å². The third-order valence-corrected chi connectivity index (χ3v) is 4.91. The van der Waals surface area contributed by atoms with Crippen LogP contribution in [0.25, 0.3) is 11.0 Å². The number of aliphatic hydroxyl groups excluding tert-OH is 1. The Balaban J connectivity index is 1.30. The van der Waals surface area contributed by atoms with Crippen molar-refractivity contribution < 1.29 is 14.3 Å². The molecule has 0 amide bonds. The largest absolute Gasteiger partial charge is 0.490 e. The summed E-state index contributed by atoms with van der Waals surface area (Å²) in [5, 5.41) is 11.1. The van der Waals surface area contributed by atoms with E-state index in [-0.39, 0.29) is 6.61 Å². The number of anilines is 1. The molecule has 1 unspecified atom stereocenters. The summed E-state index contributed by atoms with van der Waals surface area (Å²) in [6, 6.07) is 12.6. The fourth-order valence-corrected chi connectivity index (χ4v) is 3.48. The topological polar surface area (TPSA) is 79.0 Å². The Bertz CT molecular complexity index is 968. The molecule has 1 fully saturated rings. The number of hydrogen-bond donors (Lipinski definition) is 1. The summed E-state index contributed by atoms with van der Waals surface area (Å²) in [4.78, 5) is 20.3. The van der Waals surface area contributed by atoms with Crippen LogP contribution in [-0.2, 0) is 0 Å². The lowest BCUT2D eigenvalue weighted by atomic mass is 10.2. The highest BCUT2D eigenvalue weighted by molar-refractivity contribution is 5.82. The number of rotatable bonds is 6. The van der Waals surface area contributed by atoms with E-state index in [0.29, 0.717) is 17.9 Å². The quantitative estimate of drug-likeness (QED) is 0.652. The number of β-amino-alcohol motifs (C(OH)–C–C–N with tert-alkyl or cyclic N) is 1. The van der Waals surface area contributed by atoms with Crippen LogP contribution in [0, 0.1) is 0 Å². The lowest BCUT2D eigenvalue weighted by Crippen LogP contribution is -2.49. The van der Waals surface area contributed by atoms with Gasteiger partial charge in [0.2, 0.25) is 0 Å². The van der Waals surface area contributed by atoms with E-state index >= 15 is 0 Å². The number of nitrogens with zero attached hydrogens (tertiary/aromatic N) is 3. The van der Waals surface area contributed by atoms with Gasteiger partial charge in [-0.25, -0.2) is 4.79 Å². The van der Waals surface area contributed by atoms with E-state index in [1.807, 2.05) is 24.3 Å². The highest BCUT2D eigenvalue weighted by atomic mass is 16.5. The monoisotopic (exact) mass is 381 g/mol. The second-order valence-electron chi connectivity index (χ2n) is 6.88. The van der Waals surface area contributed by atoms with Crippen LogP contribution in [0.1, 0.15) is 0 Å². The fourth-order valence-electron chi connectivity index (χ4n) is 3.48. The minimum absolute atomic E-state index is 0.123. The average molecular weight is 381 g/mol. The van der Waals surface area contributed by atoms with Crippen LogP contribution in [-0.4, -0.2) is 60.4 Å². The van der Waals surface area contributed by atoms with Gasteiger partial charge >= 0.3 is 5.63 Å². The van der Waals surface area contributed by atoms with Crippen LogP contribution >= 0.6 is 0 Å². The summed E-state index contributed by atoms with van der Waals surface area (Å²) in [5.74, 6) is 0.438. The SMILES string of the molecule is O=c1cc(OCC(O)CN2CCN(c3ccncc3)CC2)c2ccccc2o1. The molecule has 0 spiro atoms. The maximum atomic E-state index is 11.7. The lowest BCUT2D eigenvalue weighted by molar-refractivity contribution is 0.0667. The number of hydrogen-bond acceptors (Lipinski definition) is 7. The van der Waals surface area contributed by atoms with Gasteiger partial charge in [-0.3, -0.25) is 9.88 Å². The van der Waals surface area contributed by atoms with Crippen LogP contribution in [0.5, 0.6) is 5.75 Å². The van der Waals surface area contributed by atoms with Gasteiger partial charge in [0.25, 0.3) is 0 Å². The van der Waals surface area contributed by atoms with Crippen molar-refractivity contribution in [2.45, 2.75) is 6.10 Å². The molecule has 0 bridgehead atoms. The zero-order valence-corrected chi connectivity index (χ0v) is 15.5. The molecule has 1 aromatic carbocycles. The molecule has 1 saturated heterocycles. The third-order valence-electron chi connectivity index (χ3n) is 4.91. The number of fused-ring (bicyclic) bond motifs is 1. The standard InChI is InChI=1S/C21H23N3O4/c25-17(14-23-9-11-24(12-10-23)16-5-7-22-8-6-16)15-27-20-13-21(26)28-19-4-2-1-3-18(19)20/h1-8,13,17,25H,9-12,14-15H2. The van der Waals surface area contributed by atoms with Gasteiger partial charge in [-0.1, -0.05) is 12.1 Å². The van der Waals surface area contributed by atoms with Gasteiger partial charge in [-0.15, -0.1) is 0 Å². The number of benzene rings is 1. The molecular formula is C21H23N3O4. The van der Waals surface area contributed by atoms with Crippen molar-refractivity contribution in [1.29, 1.82) is 0 Å². The molecule has 4 rings (SSSR count). The Hall–Kier alpha value is -2.90. The van der Waals surface area contributed by atoms with Crippen molar-refractivity contribution in [1.82, 2.24) is 9.88 Å². The van der Waals surface area contributed by atoms with Crippen molar-refractivity contribution in [3.8, 4) is 5.75 Å². The smallest absolute Gasteiger partial charge is 0.339 e. The summed E-state index contributed by atoms with van der Waals surface area (Å²) in [5.41, 5.74) is 1.19. The molecule has 7 heteroatoms. The summed E-state index contributed by atoms with van der Waals surface area (Å²) in [6.07, 6.45) is 2.96. The number of pyridine rings is 1. The van der Waals surface area contributed by atoms with Gasteiger partial charge in [-0.2, -0.15) is 0 Å². The van der Waals surface area contributed by atoms with Crippen molar-refractivity contribution in [3.05, 3.63) is 65.3 Å². The summed E-state index contributed by atoms with van der Waals surface area (Å²) >= 11 is 0. The number of ether oxygens (including phenoxy) is 1. The van der Waals surface area contributed by atoms with Gasteiger partial charge in [0.05, 0.1) is 11.5 Å². The maximum Gasteiger partial charge on any atom is 0.339 e. The molecule has 3 heterocycles. The first-order chi connectivity index (χ1) is 13.7. The lowest BCUT2D eigenvalue weighted by Gasteiger charge is -2.36. The highest BCUT2D eigenvalue weighted by Crippen LogP contribution is 2.23. The van der Waals surface area contributed by atoms with E-state index < -0.39 is 11.7 Å². The number of aliphatic hydroxyl groups is 1. The zero-order valence-electron chi connectivity index (χ0n) is 15.5. The van der Waals surface area contributed by atoms with Crippen LogP contribution < -0.4 is 15.3 Å². The second kappa shape index (κ2) is 8.41. The van der Waals surface area contributed by atoms with Gasteiger partial charge in [0.1, 0.15) is 24.0 Å². The molecule has 7 nitrogen and oxygen atoms in total. The Morgan fingerprint density at radius 2 is 1.86 bits per heavy atom. The van der Waals surface area contributed by atoms with Gasteiger partial charge in [0, 0.05) is 50.8 Å². The van der Waals surface area contributed by atoms with Crippen molar-refractivity contribution in [3.63, 3.8) is 0 Å². The normalized spacial score (nSPS) is 16.2. The molecular weight excluding hydrogens is 358 g/mol. The Morgan fingerprint density at radius 3 is 2.64 bits per heavy atom. The van der Waals surface area contributed by atoms with E-state index in [1.165, 1.54) is 11.8 Å². The first kappa shape index (κ1) is 18.5. The molecule has 0 saturated carbocycles. The number of para-hydroxylation sites is 1. The first-order valence-corrected chi connectivity index (χ1v) is 9.40. The predicted molar refractivity (Wildman–Crippen MR) is 107 cm³/mol. The Morgan fingerprint density at radius 1 is 1.11 bits per heavy atom. The summed E-state index contributed by atoms with van der Waals surface area (Å²) in [6.45, 7) is 4.21. The molecule has 0 aliphatic carbocycles. The second-order valence-corrected chi connectivity index (χ2v) is 6.88. The van der Waals surface area contributed by atoms with Crippen molar-refractivity contribution in [2.24, 2.45) is 0 Å². The van der Waals surface area contributed by atoms with E-state index in [0.717, 1.165) is 31.6 Å². The average Bonchev–Trinajstić information content (AvgIpc) is 2.73. The van der Waals surface area contributed by atoms with Crippen molar-refractivity contribution in [2.75, 3.05) is 44.2 Å². The Labute approximate surface area is 162 Å². The predicted octanol–water partition coefficient (Wildman–Crippen LogP) is 1.75. The zero-order chi connectivity index (χ0) is 19.3. The minimum Gasteiger partial charge on any atom is -0.490 e. The van der Waals surface area contributed by atoms with Crippen LogP contribution in [0.2, 0.25) is 0 Å². The molecule has 1 atom stereocenters. The van der Waals surface area contributed by atoms with Gasteiger partial charge in [-0.05, 0) is 24.3 Å². The molecule has 1 aliphatic rings. The molecule has 3 aromatic rings. The van der Waals surface area contributed by atoms with E-state index in [9.17, 15) is 9.90 Å². The van der Waals surface area contributed by atoms with E-state index in [1.54, 1.807) is 24.5 Å². The van der Waals surface area contributed by atoms with E-state index in [4.69, 9.17) is 9.15 Å². The van der Waals surface area contributed by atoms with Crippen LogP contribution in [0.4, 0.5) is 5.69 Å². The molecule has 0 radical (unpaired) electrons. The van der Waals surface area contributed by atoms with Gasteiger partial charge in [0.15, 0.2) is 0 Å². The first-order valence-electron chi connectivity index (χ1n) is 9.40. The fraction of sp³-hybridized carbons (Fsp3) is 0.333. The third kappa shape index (κ3) is 4.32. The summed E-state index contributed by atoms with van der Waals surface area (Å²) < 4.78 is 10.9. The highest BCUT2D eigenvalue weighted by Gasteiger charge is 2.20. The number of aromatic nitrogens is 1. The van der Waals surface area contributed by atoms with E-state index in [2.05, 4.69) is 14.8 Å². The molecule has 28 heavy (non-hydrogen) atoms. The molecule has 1 aliphatic heterocycles. The summed E-state index contributed by atoms with van der Waals surface area (Å²) in [7, 11) is 0. The maximum absolute atomic E-state index is 11.7. The van der Waals surface area contributed by atoms with Crippen molar-refractivity contribution >= 4 is 16.7 Å². The Kier molecular flexibility index (Phi) is 5.55.